The third-order valence-electron chi connectivity index (χ3n) is 1.96. The Balaban J connectivity index is 1.93. The highest BCUT2D eigenvalue weighted by atomic mass is 35.5. The van der Waals surface area contributed by atoms with Crippen molar-refractivity contribution in [2.45, 2.75) is 19.6 Å². The third-order valence-corrected chi connectivity index (χ3v) is 2.15. The van der Waals surface area contributed by atoms with Crippen LogP contribution in [0.15, 0.2) is 18.6 Å². The molecule has 0 aliphatic heterocycles. The van der Waals surface area contributed by atoms with Crippen LogP contribution in [-0.2, 0) is 19.6 Å². The standard InChI is InChI=1S/C8H11ClN6/c9-7-4-11-14(5-7)1-2-15-6-8(3-10)12-13-15/h4-6H,1-3,10H2. The lowest BCUT2D eigenvalue weighted by molar-refractivity contribution is 0.490. The first-order valence-electron chi connectivity index (χ1n) is 4.55. The zero-order valence-electron chi connectivity index (χ0n) is 8.04. The second kappa shape index (κ2) is 4.41. The molecule has 15 heavy (non-hydrogen) atoms. The molecule has 2 aromatic heterocycles. The number of hydrogen-bond acceptors (Lipinski definition) is 4. The molecule has 80 valence electrons. The van der Waals surface area contributed by atoms with Gasteiger partial charge in [-0.2, -0.15) is 5.10 Å². The molecular weight excluding hydrogens is 216 g/mol. The number of nitrogens with two attached hydrogens (primary N) is 1. The molecule has 2 N–H and O–H groups in total. The van der Waals surface area contributed by atoms with E-state index in [2.05, 4.69) is 15.4 Å². The van der Waals surface area contributed by atoms with E-state index in [-0.39, 0.29) is 0 Å². The molecule has 0 aromatic carbocycles. The topological polar surface area (TPSA) is 74.5 Å². The molecule has 0 saturated carbocycles. The molecule has 0 atom stereocenters. The van der Waals surface area contributed by atoms with Crippen molar-refractivity contribution in [2.24, 2.45) is 5.73 Å². The molecule has 6 nitrogen and oxygen atoms in total. The Morgan fingerprint density at radius 3 is 2.67 bits per heavy atom. The summed E-state index contributed by atoms with van der Waals surface area (Å²) in [5, 5.41) is 12.5. The summed E-state index contributed by atoms with van der Waals surface area (Å²) in [7, 11) is 0. The first-order valence-corrected chi connectivity index (χ1v) is 4.93. The van der Waals surface area contributed by atoms with Crippen molar-refractivity contribution in [3.63, 3.8) is 0 Å². The Hall–Kier alpha value is -1.40. The maximum atomic E-state index is 5.73. The monoisotopic (exact) mass is 226 g/mol. The summed E-state index contributed by atoms with van der Waals surface area (Å²) in [6.07, 6.45) is 5.20. The summed E-state index contributed by atoms with van der Waals surface area (Å²) in [5.41, 5.74) is 6.21. The highest BCUT2D eigenvalue weighted by molar-refractivity contribution is 6.30. The predicted octanol–water partition coefficient (Wildman–Crippen LogP) is 0.287. The molecule has 0 fully saturated rings. The SMILES string of the molecule is NCc1cn(CCn2cc(Cl)cn2)nn1. The summed E-state index contributed by atoms with van der Waals surface area (Å²) in [4.78, 5) is 0. The Labute approximate surface area is 91.6 Å². The van der Waals surface area contributed by atoms with Gasteiger partial charge in [0.1, 0.15) is 0 Å². The van der Waals surface area contributed by atoms with Gasteiger partial charge >= 0.3 is 0 Å². The van der Waals surface area contributed by atoms with Crippen LogP contribution in [0.2, 0.25) is 5.02 Å². The molecule has 0 saturated heterocycles. The summed E-state index contributed by atoms with van der Waals surface area (Å²) in [6, 6.07) is 0. The van der Waals surface area contributed by atoms with Crippen LogP contribution in [-0.4, -0.2) is 24.8 Å². The van der Waals surface area contributed by atoms with Gasteiger partial charge in [-0.25, -0.2) is 0 Å². The molecule has 0 bridgehead atoms. The van der Waals surface area contributed by atoms with Crippen molar-refractivity contribution >= 4 is 11.6 Å². The lowest BCUT2D eigenvalue weighted by Crippen LogP contribution is -2.08. The lowest BCUT2D eigenvalue weighted by atomic mass is 10.5. The third kappa shape index (κ3) is 2.54. The smallest absolute Gasteiger partial charge is 0.0962 e. The molecule has 2 heterocycles. The minimum Gasteiger partial charge on any atom is -0.325 e. The molecule has 0 aliphatic carbocycles. The van der Waals surface area contributed by atoms with E-state index in [1.54, 1.807) is 21.8 Å². The minimum atomic E-state index is 0.410. The van der Waals surface area contributed by atoms with Gasteiger partial charge in [-0.15, -0.1) is 5.10 Å². The van der Waals surface area contributed by atoms with Gasteiger partial charge in [0.25, 0.3) is 0 Å². The van der Waals surface area contributed by atoms with Crippen molar-refractivity contribution in [3.8, 4) is 0 Å². The average molecular weight is 227 g/mol. The van der Waals surface area contributed by atoms with Gasteiger partial charge in [0.2, 0.25) is 0 Å². The normalized spacial score (nSPS) is 10.8. The highest BCUT2D eigenvalue weighted by Crippen LogP contribution is 2.04. The quantitative estimate of drug-likeness (QED) is 0.813. The summed E-state index contributed by atoms with van der Waals surface area (Å²) in [5.74, 6) is 0. The van der Waals surface area contributed by atoms with Gasteiger partial charge in [0.05, 0.1) is 30.0 Å². The number of aryl methyl sites for hydroxylation is 2. The van der Waals surface area contributed by atoms with Crippen LogP contribution in [0, 0.1) is 0 Å². The number of nitrogens with zero attached hydrogens (tertiary/aromatic N) is 5. The molecule has 0 amide bonds. The molecular formula is C8H11ClN6. The van der Waals surface area contributed by atoms with Crippen LogP contribution in [0.4, 0.5) is 0 Å². The molecule has 0 aliphatic rings. The van der Waals surface area contributed by atoms with Crippen molar-refractivity contribution in [1.82, 2.24) is 24.8 Å². The van der Waals surface area contributed by atoms with E-state index in [0.29, 0.717) is 24.7 Å². The minimum absolute atomic E-state index is 0.410. The lowest BCUT2D eigenvalue weighted by Gasteiger charge is -2.00. The number of hydrogen-bond donors (Lipinski definition) is 1. The van der Waals surface area contributed by atoms with E-state index in [0.717, 1.165) is 5.69 Å². The van der Waals surface area contributed by atoms with Gasteiger partial charge in [-0.3, -0.25) is 9.36 Å². The van der Waals surface area contributed by atoms with Crippen molar-refractivity contribution in [1.29, 1.82) is 0 Å². The van der Waals surface area contributed by atoms with Crippen LogP contribution < -0.4 is 5.73 Å². The number of aromatic nitrogens is 5. The molecule has 0 radical (unpaired) electrons. The van der Waals surface area contributed by atoms with E-state index in [4.69, 9.17) is 17.3 Å². The van der Waals surface area contributed by atoms with Crippen LogP contribution in [0.3, 0.4) is 0 Å². The fraction of sp³-hybridized carbons (Fsp3) is 0.375. The highest BCUT2D eigenvalue weighted by Gasteiger charge is 1.99. The van der Waals surface area contributed by atoms with Gasteiger partial charge in [-0.05, 0) is 0 Å². The Morgan fingerprint density at radius 1 is 1.27 bits per heavy atom. The number of halogens is 1. The summed E-state index contributed by atoms with van der Waals surface area (Å²) < 4.78 is 3.49. The fourth-order valence-corrected chi connectivity index (χ4v) is 1.36. The summed E-state index contributed by atoms with van der Waals surface area (Å²) >= 11 is 5.73. The first kappa shape index (κ1) is 10.1. The maximum absolute atomic E-state index is 5.73. The largest absolute Gasteiger partial charge is 0.325 e. The van der Waals surface area contributed by atoms with Crippen LogP contribution >= 0.6 is 11.6 Å². The molecule has 2 aromatic rings. The zero-order chi connectivity index (χ0) is 10.7. The second-order valence-corrected chi connectivity index (χ2v) is 3.54. The maximum Gasteiger partial charge on any atom is 0.0962 e. The van der Waals surface area contributed by atoms with Crippen LogP contribution in [0.1, 0.15) is 5.69 Å². The van der Waals surface area contributed by atoms with Crippen molar-refractivity contribution in [2.75, 3.05) is 0 Å². The van der Waals surface area contributed by atoms with E-state index in [1.807, 2.05) is 6.20 Å². The second-order valence-electron chi connectivity index (χ2n) is 3.10. The molecule has 7 heteroatoms. The van der Waals surface area contributed by atoms with E-state index >= 15 is 0 Å². The molecule has 0 spiro atoms. The first-order chi connectivity index (χ1) is 7.28. The van der Waals surface area contributed by atoms with Crippen LogP contribution in [0.25, 0.3) is 0 Å². The van der Waals surface area contributed by atoms with E-state index in [9.17, 15) is 0 Å². The zero-order valence-corrected chi connectivity index (χ0v) is 8.80. The fourth-order valence-electron chi connectivity index (χ4n) is 1.21. The Morgan fingerprint density at radius 2 is 2.07 bits per heavy atom. The van der Waals surface area contributed by atoms with E-state index < -0.39 is 0 Å². The van der Waals surface area contributed by atoms with Gasteiger partial charge in [0.15, 0.2) is 0 Å². The van der Waals surface area contributed by atoms with Crippen molar-refractivity contribution in [3.05, 3.63) is 29.3 Å². The Kier molecular flexibility index (Phi) is 2.98. The predicted molar refractivity (Wildman–Crippen MR) is 55.2 cm³/mol. The van der Waals surface area contributed by atoms with Gasteiger partial charge < -0.3 is 5.73 Å². The summed E-state index contributed by atoms with van der Waals surface area (Å²) in [6.45, 7) is 1.82. The average Bonchev–Trinajstić information content (AvgIpc) is 2.83. The molecule has 0 unspecified atom stereocenters. The van der Waals surface area contributed by atoms with Crippen molar-refractivity contribution < 1.29 is 0 Å². The molecule has 2 rings (SSSR count). The van der Waals surface area contributed by atoms with Gasteiger partial charge in [0, 0.05) is 18.9 Å². The van der Waals surface area contributed by atoms with Crippen LogP contribution in [0.5, 0.6) is 0 Å². The van der Waals surface area contributed by atoms with Gasteiger partial charge in [-0.1, -0.05) is 16.8 Å². The number of rotatable bonds is 4. The van der Waals surface area contributed by atoms with E-state index in [1.165, 1.54) is 0 Å². The Bertz CT molecular complexity index is 434.